The quantitative estimate of drug-likeness (QED) is 0.879. The van der Waals surface area contributed by atoms with Gasteiger partial charge in [-0.2, -0.15) is 5.26 Å². The van der Waals surface area contributed by atoms with Crippen molar-refractivity contribution >= 4 is 10.0 Å². The van der Waals surface area contributed by atoms with Gasteiger partial charge in [0, 0.05) is 12.2 Å². The highest BCUT2D eigenvalue weighted by molar-refractivity contribution is 7.89. The number of nitrogens with one attached hydrogen (secondary N) is 1. The summed E-state index contributed by atoms with van der Waals surface area (Å²) in [6.45, 7) is 5.79. The molecule has 0 fully saturated rings. The normalized spacial score (nSPS) is 14.8. The zero-order chi connectivity index (χ0) is 13.8. The van der Waals surface area contributed by atoms with Gasteiger partial charge in [0.1, 0.15) is 11.0 Å². The summed E-state index contributed by atoms with van der Waals surface area (Å²) >= 11 is 0. The maximum Gasteiger partial charge on any atom is 0.243 e. The van der Waals surface area contributed by atoms with Crippen LogP contribution in [-0.4, -0.2) is 19.4 Å². The molecule has 1 aromatic rings. The average molecular weight is 267 g/mol. The third-order valence-electron chi connectivity index (χ3n) is 3.00. The highest BCUT2D eigenvalue weighted by Gasteiger charge is 2.23. The molecule has 1 heterocycles. The molecule has 6 heteroatoms. The van der Waals surface area contributed by atoms with Crippen LogP contribution in [0.4, 0.5) is 0 Å². The molecule has 0 radical (unpaired) electrons. The third-order valence-corrected chi connectivity index (χ3v) is 4.60. The molecule has 2 unspecified atom stereocenters. The Kier molecular flexibility index (Phi) is 4.82. The first kappa shape index (κ1) is 14.6. The van der Waals surface area contributed by atoms with Crippen LogP contribution in [0.15, 0.2) is 23.2 Å². The fourth-order valence-corrected chi connectivity index (χ4v) is 2.93. The summed E-state index contributed by atoms with van der Waals surface area (Å²) in [5, 5.41) is 8.87. The molecule has 0 saturated carbocycles. The number of pyridine rings is 1. The molecule has 18 heavy (non-hydrogen) atoms. The lowest BCUT2D eigenvalue weighted by Crippen LogP contribution is -2.37. The van der Waals surface area contributed by atoms with Crippen molar-refractivity contribution in [3.05, 3.63) is 24.0 Å². The Hall–Kier alpha value is -1.45. The molecule has 0 spiro atoms. The van der Waals surface area contributed by atoms with E-state index in [0.717, 1.165) is 6.42 Å². The molecule has 2 atom stereocenters. The zero-order valence-corrected chi connectivity index (χ0v) is 11.5. The minimum atomic E-state index is -3.69. The van der Waals surface area contributed by atoms with Crippen molar-refractivity contribution < 1.29 is 8.42 Å². The third kappa shape index (κ3) is 3.28. The van der Waals surface area contributed by atoms with E-state index in [1.165, 1.54) is 18.3 Å². The van der Waals surface area contributed by atoms with E-state index in [1.54, 1.807) is 6.07 Å². The van der Waals surface area contributed by atoms with Gasteiger partial charge in [-0.3, -0.25) is 0 Å². The lowest BCUT2D eigenvalue weighted by Gasteiger charge is -2.19. The van der Waals surface area contributed by atoms with Crippen LogP contribution in [0.25, 0.3) is 0 Å². The Balaban J connectivity index is 3.05. The van der Waals surface area contributed by atoms with E-state index in [2.05, 4.69) is 9.71 Å². The summed E-state index contributed by atoms with van der Waals surface area (Å²) in [6.07, 6.45) is 2.28. The summed E-state index contributed by atoms with van der Waals surface area (Å²) in [5.41, 5.74) is -0.0821. The topological polar surface area (TPSA) is 82.8 Å². The van der Waals surface area contributed by atoms with E-state index in [1.807, 2.05) is 20.8 Å². The second-order valence-corrected chi connectivity index (χ2v) is 5.94. The van der Waals surface area contributed by atoms with Gasteiger partial charge in [0.25, 0.3) is 0 Å². The second kappa shape index (κ2) is 5.94. The molecule has 0 aliphatic carbocycles. The average Bonchev–Trinajstić information content (AvgIpc) is 2.37. The number of rotatable bonds is 5. The van der Waals surface area contributed by atoms with Crippen LogP contribution in [0.3, 0.4) is 0 Å². The molecule has 5 nitrogen and oxygen atoms in total. The zero-order valence-electron chi connectivity index (χ0n) is 10.7. The van der Waals surface area contributed by atoms with Gasteiger partial charge in [0.15, 0.2) is 5.69 Å². The van der Waals surface area contributed by atoms with Crippen molar-refractivity contribution in [3.8, 4) is 6.07 Å². The van der Waals surface area contributed by atoms with E-state index >= 15 is 0 Å². The van der Waals surface area contributed by atoms with Crippen molar-refractivity contribution in [1.82, 2.24) is 9.71 Å². The number of hydrogen-bond donors (Lipinski definition) is 1. The van der Waals surface area contributed by atoms with Gasteiger partial charge in [-0.25, -0.2) is 18.1 Å². The van der Waals surface area contributed by atoms with Crippen molar-refractivity contribution in [2.45, 2.75) is 38.1 Å². The van der Waals surface area contributed by atoms with Gasteiger partial charge in [-0.1, -0.05) is 20.3 Å². The van der Waals surface area contributed by atoms with E-state index in [9.17, 15) is 8.42 Å². The monoisotopic (exact) mass is 267 g/mol. The second-order valence-electron chi connectivity index (χ2n) is 4.26. The van der Waals surface area contributed by atoms with E-state index < -0.39 is 10.0 Å². The Morgan fingerprint density at radius 2 is 2.17 bits per heavy atom. The first-order valence-electron chi connectivity index (χ1n) is 5.79. The number of aromatic nitrogens is 1. The van der Waals surface area contributed by atoms with Crippen molar-refractivity contribution in [2.24, 2.45) is 5.92 Å². The van der Waals surface area contributed by atoms with Crippen LogP contribution in [-0.2, 0) is 10.0 Å². The first-order valence-corrected chi connectivity index (χ1v) is 7.28. The molecule has 0 aromatic carbocycles. The molecule has 0 saturated heterocycles. The maximum absolute atomic E-state index is 12.1. The molecule has 0 aliphatic rings. The molecule has 1 rings (SSSR count). The molecule has 0 aliphatic heterocycles. The Labute approximate surface area is 108 Å². The number of sulfonamides is 1. The lowest BCUT2D eigenvalue weighted by atomic mass is 10.0. The minimum absolute atomic E-state index is 0.0670. The molecule has 98 valence electrons. The Morgan fingerprint density at radius 3 is 2.72 bits per heavy atom. The van der Waals surface area contributed by atoms with Gasteiger partial charge >= 0.3 is 0 Å². The molecular weight excluding hydrogens is 250 g/mol. The van der Waals surface area contributed by atoms with Crippen molar-refractivity contribution in [3.63, 3.8) is 0 Å². The highest BCUT2D eigenvalue weighted by atomic mass is 32.2. The Bertz CT molecular complexity index is 549. The first-order chi connectivity index (χ1) is 8.42. The molecule has 0 amide bonds. The summed E-state index contributed by atoms with van der Waals surface area (Å²) in [5.74, 6) is 0.224. The lowest BCUT2D eigenvalue weighted by molar-refractivity contribution is 0.434. The standard InChI is InChI=1S/C12H17N3O2S/c1-4-9(2)10(3)15-18(16,17)12-6-5-7-14-11(12)8-13/h5-7,9-10,15H,4H2,1-3H3. The Morgan fingerprint density at radius 1 is 1.50 bits per heavy atom. The fourth-order valence-electron chi connectivity index (χ4n) is 1.47. The van der Waals surface area contributed by atoms with Crippen LogP contribution >= 0.6 is 0 Å². The summed E-state index contributed by atoms with van der Waals surface area (Å²) < 4.78 is 26.9. The predicted octanol–water partition coefficient (Wildman–Crippen LogP) is 1.67. The smallest absolute Gasteiger partial charge is 0.243 e. The van der Waals surface area contributed by atoms with Gasteiger partial charge in [-0.15, -0.1) is 0 Å². The number of nitrogens with zero attached hydrogens (tertiary/aromatic N) is 2. The van der Waals surface area contributed by atoms with Gasteiger partial charge < -0.3 is 0 Å². The summed E-state index contributed by atoms with van der Waals surface area (Å²) in [4.78, 5) is 3.69. The summed E-state index contributed by atoms with van der Waals surface area (Å²) in [6, 6.07) is 4.49. The fraction of sp³-hybridized carbons (Fsp3) is 0.500. The largest absolute Gasteiger partial charge is 0.244 e. The van der Waals surface area contributed by atoms with Crippen LogP contribution in [0.5, 0.6) is 0 Å². The van der Waals surface area contributed by atoms with Crippen LogP contribution < -0.4 is 4.72 Å². The molecule has 0 bridgehead atoms. The van der Waals surface area contributed by atoms with Crippen LogP contribution in [0, 0.1) is 17.2 Å². The van der Waals surface area contributed by atoms with E-state index in [0.29, 0.717) is 0 Å². The van der Waals surface area contributed by atoms with Gasteiger partial charge in [0.05, 0.1) is 0 Å². The van der Waals surface area contributed by atoms with Gasteiger partial charge in [-0.05, 0) is 25.0 Å². The molecule has 1 N–H and O–H groups in total. The number of hydrogen-bond acceptors (Lipinski definition) is 4. The van der Waals surface area contributed by atoms with E-state index in [-0.39, 0.29) is 22.5 Å². The van der Waals surface area contributed by atoms with Crippen LogP contribution in [0.1, 0.15) is 32.9 Å². The predicted molar refractivity (Wildman–Crippen MR) is 68.2 cm³/mol. The van der Waals surface area contributed by atoms with Crippen molar-refractivity contribution in [1.29, 1.82) is 5.26 Å². The molecular formula is C12H17N3O2S. The SMILES string of the molecule is CCC(C)C(C)NS(=O)(=O)c1cccnc1C#N. The van der Waals surface area contributed by atoms with Crippen molar-refractivity contribution in [2.75, 3.05) is 0 Å². The summed E-state index contributed by atoms with van der Waals surface area (Å²) in [7, 11) is -3.69. The molecule has 1 aromatic heterocycles. The van der Waals surface area contributed by atoms with Crippen LogP contribution in [0.2, 0.25) is 0 Å². The maximum atomic E-state index is 12.1. The minimum Gasteiger partial charge on any atom is -0.244 e. The number of nitriles is 1. The van der Waals surface area contributed by atoms with Gasteiger partial charge in [0.2, 0.25) is 10.0 Å². The highest BCUT2D eigenvalue weighted by Crippen LogP contribution is 2.15. The van der Waals surface area contributed by atoms with E-state index in [4.69, 9.17) is 5.26 Å².